The van der Waals surface area contributed by atoms with Gasteiger partial charge < -0.3 is 10.0 Å². The first kappa shape index (κ1) is 37.8. The molecule has 3 aromatic heterocycles. The summed E-state index contributed by atoms with van der Waals surface area (Å²) in [6.45, 7) is 5.45. The van der Waals surface area contributed by atoms with E-state index in [-0.39, 0.29) is 82.2 Å². The molecule has 0 saturated heterocycles. The minimum Gasteiger partial charge on any atom is -0.511 e. The van der Waals surface area contributed by atoms with E-state index in [2.05, 4.69) is 60.8 Å². The first-order valence-corrected chi connectivity index (χ1v) is 17.6. The number of carbonyl (C=O) groups is 1. The molecule has 14 heteroatoms. The van der Waals surface area contributed by atoms with Gasteiger partial charge in [-0.1, -0.05) is 29.3 Å². The number of hydrogen-bond acceptors (Lipinski definition) is 11. The number of rotatable bonds is 16. The van der Waals surface area contributed by atoms with Crippen molar-refractivity contribution in [1.29, 1.82) is 0 Å². The monoisotopic (exact) mass is 825 g/mol. The van der Waals surface area contributed by atoms with E-state index >= 15 is 0 Å². The van der Waals surface area contributed by atoms with Crippen molar-refractivity contribution in [3.8, 4) is 0 Å². The number of allylic oxidation sites excluding steroid dienone is 2. The van der Waals surface area contributed by atoms with Crippen LogP contribution in [0.3, 0.4) is 0 Å². The van der Waals surface area contributed by atoms with E-state index in [1.807, 2.05) is 24.3 Å². The summed E-state index contributed by atoms with van der Waals surface area (Å²) < 4.78 is 6.87. The second kappa shape index (κ2) is 19.2. The van der Waals surface area contributed by atoms with Crippen LogP contribution in [-0.2, 0) is 92.7 Å². The predicted octanol–water partition coefficient (Wildman–Crippen LogP) is 7.48. The van der Waals surface area contributed by atoms with Crippen molar-refractivity contribution >= 4 is 79.2 Å². The number of nitrogens with zero attached hydrogens (tertiary/aromatic N) is 2. The standard InChI is InChI=1S/C29H31N2O5S5.2Y/c1-2-3-13-30(18-20-7-4-15-37-20)24-11-9-22(40-24)26-28(32)27(29(26)33)23-10-12-25(41-23)31(14-6-17-39-36-35-34)19-21-8-5-16-38-21;;/h4-5,7-12,22,26,32,34H,2-3,6,13-14,17-19H2,1H3;;/q-1;;. The van der Waals surface area contributed by atoms with Crippen molar-refractivity contribution < 1.29 is 94.5 Å². The molecule has 2 N–H and O–H groups in total. The maximum atomic E-state index is 13.4. The Balaban J connectivity index is 0.00000253. The van der Waals surface area contributed by atoms with Crippen LogP contribution in [0.5, 0.6) is 0 Å². The molecule has 0 aromatic carbocycles. The number of anilines is 1. The van der Waals surface area contributed by atoms with Gasteiger partial charge in [-0.25, -0.2) is 9.83 Å². The number of unbranched alkanes of at least 4 members (excludes halogenated alkanes) is 1. The van der Waals surface area contributed by atoms with Gasteiger partial charge in [-0.3, -0.25) is 27.5 Å². The molecule has 0 spiro atoms. The Morgan fingerprint density at radius 2 is 1.86 bits per heavy atom. The number of ketones is 1. The molecule has 224 valence electrons. The fraction of sp³-hybridized carbons (Fsp3) is 0.379. The molecule has 5 rings (SSSR count). The third-order valence-electron chi connectivity index (χ3n) is 6.82. The van der Waals surface area contributed by atoms with Crippen LogP contribution in [0, 0.1) is 16.7 Å². The number of carbonyl (C=O) groups excluding carboxylic acids is 1. The second-order valence-corrected chi connectivity index (χ2v) is 14.5. The largest absolute Gasteiger partial charge is 0.511 e. The zero-order valence-corrected chi connectivity index (χ0v) is 33.4. The average Bonchev–Trinajstić information content (AvgIpc) is 3.79. The van der Waals surface area contributed by atoms with Gasteiger partial charge in [0.25, 0.3) is 0 Å². The topological polar surface area (TPSA) is 82.2 Å². The summed E-state index contributed by atoms with van der Waals surface area (Å²) in [4.78, 5) is 18.9. The summed E-state index contributed by atoms with van der Waals surface area (Å²) in [7, 11) is 0. The van der Waals surface area contributed by atoms with E-state index in [1.54, 1.807) is 34.4 Å². The molecule has 0 bridgehead atoms. The van der Waals surface area contributed by atoms with Crippen molar-refractivity contribution in [2.24, 2.45) is 5.92 Å². The van der Waals surface area contributed by atoms with E-state index in [0.717, 1.165) is 72.4 Å². The number of aliphatic hydroxyl groups is 1. The van der Waals surface area contributed by atoms with Gasteiger partial charge in [-0.2, -0.15) is 24.3 Å². The number of Topliss-reactive ketones (excluding diaryl/α,β-unsaturated/α-hetero) is 1. The van der Waals surface area contributed by atoms with Gasteiger partial charge in [-0.15, -0.1) is 31.3 Å². The Morgan fingerprint density at radius 3 is 2.53 bits per heavy atom. The van der Waals surface area contributed by atoms with E-state index in [9.17, 15) is 9.90 Å². The third kappa shape index (κ3) is 9.90. The third-order valence-corrected chi connectivity index (χ3v) is 11.5. The zero-order valence-electron chi connectivity index (χ0n) is 23.6. The molecule has 1 aliphatic heterocycles. The molecule has 0 saturated carbocycles. The van der Waals surface area contributed by atoms with Crippen LogP contribution in [0.15, 0.2) is 54.3 Å². The van der Waals surface area contributed by atoms with Crippen LogP contribution in [0.2, 0.25) is 0 Å². The maximum Gasteiger partial charge on any atom is 0.234 e. The fourth-order valence-corrected chi connectivity index (χ4v) is 8.79. The molecule has 2 atom stereocenters. The van der Waals surface area contributed by atoms with Gasteiger partial charge in [0.15, 0.2) is 5.78 Å². The summed E-state index contributed by atoms with van der Waals surface area (Å²) in [6, 6.07) is 12.0. The summed E-state index contributed by atoms with van der Waals surface area (Å²) in [5, 5.41) is 31.5. The molecule has 0 fully saturated rings. The van der Waals surface area contributed by atoms with Gasteiger partial charge in [0.05, 0.1) is 21.7 Å². The SMILES string of the molecule is CCCC[N+](Cc1cc[c-]s1)=C1C=CC(C2C(=O)C(c3ccc(N(CCCSOOO)Cc4cc[c-]s4)s3)=C2O)S1.[Y].[Y]. The van der Waals surface area contributed by atoms with Crippen LogP contribution >= 0.6 is 57.8 Å². The normalized spacial score (nSPS) is 18.8. The van der Waals surface area contributed by atoms with Crippen LogP contribution in [0.1, 0.15) is 40.8 Å². The Labute approximate surface area is 323 Å². The van der Waals surface area contributed by atoms with Crippen molar-refractivity contribution in [3.63, 3.8) is 0 Å². The summed E-state index contributed by atoms with van der Waals surface area (Å²) in [5.41, 5.74) is 0.444. The quantitative estimate of drug-likeness (QED) is 0.0385. The Kier molecular flexibility index (Phi) is 16.9. The number of thioether (sulfide) groups is 1. The van der Waals surface area contributed by atoms with Crippen LogP contribution < -0.4 is 4.90 Å². The summed E-state index contributed by atoms with van der Waals surface area (Å²) in [6.07, 6.45) is 7.19. The number of thiophene rings is 3. The maximum absolute atomic E-state index is 13.4. The fourth-order valence-electron chi connectivity index (χ4n) is 4.76. The first-order chi connectivity index (χ1) is 20.1. The van der Waals surface area contributed by atoms with Gasteiger partial charge >= 0.3 is 0 Å². The summed E-state index contributed by atoms with van der Waals surface area (Å²) >= 11 is 7.46. The molecule has 2 unspecified atom stereocenters. The van der Waals surface area contributed by atoms with Crippen molar-refractivity contribution in [2.45, 2.75) is 44.5 Å². The average molecular weight is 826 g/mol. The minimum atomic E-state index is -0.513. The predicted molar refractivity (Wildman–Crippen MR) is 171 cm³/mol. The van der Waals surface area contributed by atoms with Gasteiger partial charge in [0.2, 0.25) is 5.04 Å². The number of hydrogen-bond donors (Lipinski definition) is 2. The molecule has 1 aliphatic carbocycles. The van der Waals surface area contributed by atoms with E-state index in [0.29, 0.717) is 11.3 Å². The molecule has 43 heavy (non-hydrogen) atoms. The molecule has 3 aromatic rings. The van der Waals surface area contributed by atoms with Crippen LogP contribution in [0.25, 0.3) is 5.57 Å². The zero-order chi connectivity index (χ0) is 28.6. The van der Waals surface area contributed by atoms with Gasteiger partial charge in [-0.05, 0) is 36.9 Å². The molecular formula is C29H31N2O5S5Y2-. The van der Waals surface area contributed by atoms with Gasteiger partial charge in [0.1, 0.15) is 18.8 Å². The first-order valence-electron chi connectivity index (χ1n) is 13.4. The molecule has 2 radical (unpaired) electrons. The van der Waals surface area contributed by atoms with Gasteiger partial charge in [0, 0.05) is 107 Å². The molecule has 7 nitrogen and oxygen atoms in total. The van der Waals surface area contributed by atoms with E-state index < -0.39 is 5.92 Å². The van der Waals surface area contributed by atoms with Crippen molar-refractivity contribution in [2.75, 3.05) is 23.7 Å². The Hall–Kier alpha value is 0.308. The van der Waals surface area contributed by atoms with Crippen LogP contribution in [0.4, 0.5) is 5.00 Å². The molecule has 4 heterocycles. The van der Waals surface area contributed by atoms with Crippen LogP contribution in [-0.4, -0.2) is 49.9 Å². The Bertz CT molecular complexity index is 1390. The van der Waals surface area contributed by atoms with E-state index in [1.165, 1.54) is 21.1 Å². The smallest absolute Gasteiger partial charge is 0.234 e. The van der Waals surface area contributed by atoms with E-state index in [4.69, 9.17) is 5.26 Å². The van der Waals surface area contributed by atoms with Crippen molar-refractivity contribution in [3.05, 3.63) is 79.7 Å². The second-order valence-electron chi connectivity index (χ2n) is 9.57. The minimum absolute atomic E-state index is 0. The molecule has 0 amide bonds. The molecule has 2 aliphatic rings. The van der Waals surface area contributed by atoms with Crippen molar-refractivity contribution in [1.82, 2.24) is 0 Å². The summed E-state index contributed by atoms with van der Waals surface area (Å²) in [5.74, 6) is 0.326. The number of aliphatic hydroxyl groups excluding tert-OH is 1. The molecular weight excluding hydrogens is 794 g/mol. The Morgan fingerprint density at radius 1 is 1.09 bits per heavy atom.